The first-order chi connectivity index (χ1) is 9.53. The Hall–Kier alpha value is -1.64. The number of aliphatic carboxylic acids is 1. The fourth-order valence-corrected chi connectivity index (χ4v) is 2.84. The quantitative estimate of drug-likeness (QED) is 0.507. The van der Waals surface area contributed by atoms with E-state index in [4.69, 9.17) is 5.11 Å². The number of carboxylic acid groups (broad SMARTS) is 1. The molecule has 1 atom stereocenters. The summed E-state index contributed by atoms with van der Waals surface area (Å²) in [6, 6.07) is -1.56. The Balaban J connectivity index is 4.49. The van der Waals surface area contributed by atoms with Crippen LogP contribution in [-0.2, 0) is 24.2 Å². The molecule has 21 heavy (non-hydrogen) atoms. The van der Waals surface area contributed by atoms with Gasteiger partial charge in [-0.3, -0.25) is 9.59 Å². The molecular formula is C12H22N2O6S. The van der Waals surface area contributed by atoms with E-state index in [1.54, 1.807) is 0 Å². The molecule has 0 aliphatic carbocycles. The molecule has 1 unspecified atom stereocenters. The molecule has 0 saturated heterocycles. The van der Waals surface area contributed by atoms with Gasteiger partial charge in [0.2, 0.25) is 11.8 Å². The van der Waals surface area contributed by atoms with Gasteiger partial charge in [-0.05, 0) is 12.3 Å². The molecule has 0 aromatic carbocycles. The SMILES string of the molecule is CC(=O)NC(CS(=O)(=O)CC(=O)NCCC(C)C)C(=O)O. The van der Waals surface area contributed by atoms with E-state index in [2.05, 4.69) is 5.32 Å². The molecule has 0 spiro atoms. The molecule has 0 rings (SSSR count). The zero-order valence-corrected chi connectivity index (χ0v) is 13.2. The number of nitrogens with one attached hydrogen (secondary N) is 2. The van der Waals surface area contributed by atoms with Crippen molar-refractivity contribution in [2.24, 2.45) is 5.92 Å². The van der Waals surface area contributed by atoms with Crippen molar-refractivity contribution in [3.05, 3.63) is 0 Å². The lowest BCUT2D eigenvalue weighted by Gasteiger charge is -2.13. The summed E-state index contributed by atoms with van der Waals surface area (Å²) in [5, 5.41) is 13.3. The lowest BCUT2D eigenvalue weighted by atomic mass is 10.1. The smallest absolute Gasteiger partial charge is 0.327 e. The van der Waals surface area contributed by atoms with Gasteiger partial charge < -0.3 is 15.7 Å². The highest BCUT2D eigenvalue weighted by Crippen LogP contribution is 1.99. The van der Waals surface area contributed by atoms with Crippen molar-refractivity contribution in [2.45, 2.75) is 33.2 Å². The Morgan fingerprint density at radius 3 is 2.19 bits per heavy atom. The molecule has 9 heteroatoms. The minimum absolute atomic E-state index is 0.361. The summed E-state index contributed by atoms with van der Waals surface area (Å²) >= 11 is 0. The lowest BCUT2D eigenvalue weighted by Crippen LogP contribution is -2.46. The highest BCUT2D eigenvalue weighted by Gasteiger charge is 2.27. The second-order valence-corrected chi connectivity index (χ2v) is 7.29. The average Bonchev–Trinajstić information content (AvgIpc) is 2.25. The molecule has 0 saturated carbocycles. The van der Waals surface area contributed by atoms with E-state index >= 15 is 0 Å². The van der Waals surface area contributed by atoms with E-state index in [-0.39, 0.29) is 0 Å². The Morgan fingerprint density at radius 2 is 1.76 bits per heavy atom. The molecule has 0 aromatic rings. The topological polar surface area (TPSA) is 130 Å². The van der Waals surface area contributed by atoms with Crippen LogP contribution in [0.2, 0.25) is 0 Å². The second kappa shape index (κ2) is 8.60. The summed E-state index contributed by atoms with van der Waals surface area (Å²) in [4.78, 5) is 33.2. The lowest BCUT2D eigenvalue weighted by molar-refractivity contribution is -0.140. The van der Waals surface area contributed by atoms with Gasteiger partial charge >= 0.3 is 5.97 Å². The van der Waals surface area contributed by atoms with Gasteiger partial charge in [0, 0.05) is 13.5 Å². The largest absolute Gasteiger partial charge is 0.480 e. The van der Waals surface area contributed by atoms with Gasteiger partial charge in [-0.2, -0.15) is 0 Å². The number of amides is 2. The number of sulfone groups is 1. The zero-order valence-electron chi connectivity index (χ0n) is 12.4. The Bertz CT molecular complexity index is 486. The maximum atomic E-state index is 11.8. The number of carbonyl (C=O) groups is 3. The van der Waals surface area contributed by atoms with Crippen molar-refractivity contribution >= 4 is 27.6 Å². The van der Waals surface area contributed by atoms with Crippen LogP contribution < -0.4 is 10.6 Å². The predicted molar refractivity (Wildman–Crippen MR) is 76.4 cm³/mol. The molecule has 3 N–H and O–H groups in total. The monoisotopic (exact) mass is 322 g/mol. The number of hydrogen-bond donors (Lipinski definition) is 3. The highest BCUT2D eigenvalue weighted by atomic mass is 32.2. The third-order valence-corrected chi connectivity index (χ3v) is 4.03. The maximum absolute atomic E-state index is 11.8. The summed E-state index contributed by atoms with van der Waals surface area (Å²) in [6.07, 6.45) is 0.718. The van der Waals surface area contributed by atoms with E-state index in [1.165, 1.54) is 0 Å². The summed E-state index contributed by atoms with van der Waals surface area (Å²) in [5.41, 5.74) is 0. The Labute approximate surface area is 124 Å². The van der Waals surface area contributed by atoms with Crippen LogP contribution >= 0.6 is 0 Å². The number of carbonyl (C=O) groups excluding carboxylic acids is 2. The Kier molecular flexibility index (Phi) is 7.93. The van der Waals surface area contributed by atoms with Gasteiger partial charge in [0.25, 0.3) is 0 Å². The third kappa shape index (κ3) is 9.83. The van der Waals surface area contributed by atoms with Crippen LogP contribution in [0.25, 0.3) is 0 Å². The molecule has 0 aliphatic rings. The minimum Gasteiger partial charge on any atom is -0.480 e. The first kappa shape index (κ1) is 19.4. The summed E-state index contributed by atoms with van der Waals surface area (Å²) < 4.78 is 23.5. The molecule has 0 aromatic heterocycles. The van der Waals surface area contributed by atoms with Gasteiger partial charge in [0.15, 0.2) is 9.84 Å². The van der Waals surface area contributed by atoms with Crippen LogP contribution in [0.3, 0.4) is 0 Å². The Morgan fingerprint density at radius 1 is 1.19 bits per heavy atom. The zero-order chi connectivity index (χ0) is 16.6. The van der Waals surface area contributed by atoms with Crippen molar-refractivity contribution in [2.75, 3.05) is 18.1 Å². The molecule has 0 radical (unpaired) electrons. The number of rotatable bonds is 9. The van der Waals surface area contributed by atoms with Crippen molar-refractivity contribution in [3.63, 3.8) is 0 Å². The highest BCUT2D eigenvalue weighted by molar-refractivity contribution is 7.92. The van der Waals surface area contributed by atoms with Crippen LogP contribution in [0.15, 0.2) is 0 Å². The standard InChI is InChI=1S/C12H22N2O6S/c1-8(2)4-5-13-11(16)7-21(19,20)6-10(12(17)18)14-9(3)15/h8,10H,4-7H2,1-3H3,(H,13,16)(H,14,15)(H,17,18). The van der Waals surface area contributed by atoms with Gasteiger partial charge in [0.05, 0.1) is 5.75 Å². The van der Waals surface area contributed by atoms with Crippen LogP contribution in [0.5, 0.6) is 0 Å². The predicted octanol–water partition coefficient (Wildman–Crippen LogP) is -0.847. The summed E-state index contributed by atoms with van der Waals surface area (Å²) in [5.74, 6) is -4.04. The molecule has 0 fully saturated rings. The van der Waals surface area contributed by atoms with Crippen molar-refractivity contribution in [1.82, 2.24) is 10.6 Å². The van der Waals surface area contributed by atoms with Crippen molar-refractivity contribution in [1.29, 1.82) is 0 Å². The molecule has 0 aliphatic heterocycles. The minimum atomic E-state index is -3.93. The van der Waals surface area contributed by atoms with E-state index in [0.29, 0.717) is 12.5 Å². The van der Waals surface area contributed by atoms with E-state index in [1.807, 2.05) is 19.2 Å². The first-order valence-electron chi connectivity index (χ1n) is 6.50. The van der Waals surface area contributed by atoms with E-state index < -0.39 is 45.2 Å². The van der Waals surface area contributed by atoms with Crippen molar-refractivity contribution in [3.8, 4) is 0 Å². The van der Waals surface area contributed by atoms with Crippen LogP contribution in [-0.4, -0.2) is 55.4 Å². The molecular weight excluding hydrogens is 300 g/mol. The molecule has 8 nitrogen and oxygen atoms in total. The maximum Gasteiger partial charge on any atom is 0.327 e. The first-order valence-corrected chi connectivity index (χ1v) is 8.32. The van der Waals surface area contributed by atoms with Crippen LogP contribution in [0.1, 0.15) is 27.2 Å². The average molecular weight is 322 g/mol. The summed E-state index contributed by atoms with van der Waals surface area (Å²) in [7, 11) is -3.93. The van der Waals surface area contributed by atoms with Gasteiger partial charge in [-0.15, -0.1) is 0 Å². The third-order valence-electron chi connectivity index (χ3n) is 2.49. The molecule has 2 amide bonds. The fraction of sp³-hybridized carbons (Fsp3) is 0.750. The van der Waals surface area contributed by atoms with E-state index in [9.17, 15) is 22.8 Å². The number of hydrogen-bond acceptors (Lipinski definition) is 5. The van der Waals surface area contributed by atoms with Crippen LogP contribution in [0.4, 0.5) is 0 Å². The van der Waals surface area contributed by atoms with Crippen molar-refractivity contribution < 1.29 is 27.9 Å². The van der Waals surface area contributed by atoms with Crippen LogP contribution in [0, 0.1) is 5.92 Å². The summed E-state index contributed by atoms with van der Waals surface area (Å²) in [6.45, 7) is 5.38. The van der Waals surface area contributed by atoms with Gasteiger partial charge in [-0.1, -0.05) is 13.8 Å². The second-order valence-electron chi connectivity index (χ2n) is 5.18. The van der Waals surface area contributed by atoms with Gasteiger partial charge in [0.1, 0.15) is 11.8 Å². The molecule has 0 bridgehead atoms. The molecule has 122 valence electrons. The number of carboxylic acids is 1. The fourth-order valence-electron chi connectivity index (χ4n) is 1.48. The van der Waals surface area contributed by atoms with Gasteiger partial charge in [-0.25, -0.2) is 13.2 Å². The normalized spacial score (nSPS) is 12.8. The molecule has 0 heterocycles. The van der Waals surface area contributed by atoms with E-state index in [0.717, 1.165) is 13.3 Å².